The second-order valence-electron chi connectivity index (χ2n) is 3.88. The van der Waals surface area contributed by atoms with Gasteiger partial charge in [0.05, 0.1) is 14.7 Å². The smallest absolute Gasteiger partial charge is 0.279 e. The second-order valence-corrected chi connectivity index (χ2v) is 5.73. The lowest BCUT2D eigenvalue weighted by Crippen LogP contribution is -1.85. The van der Waals surface area contributed by atoms with Crippen LogP contribution in [0, 0.1) is 5.82 Å². The average Bonchev–Trinajstić information content (AvgIpc) is 2.75. The van der Waals surface area contributed by atoms with Crippen LogP contribution in [0.2, 0.25) is 0 Å². The third kappa shape index (κ3) is 2.54. The second kappa shape index (κ2) is 4.79. The highest BCUT2D eigenvalue weighted by atomic mass is 79.9. The molecule has 3 rings (SSSR count). The number of hydrogen-bond donors (Lipinski definition) is 1. The third-order valence-electron chi connectivity index (χ3n) is 2.48. The molecule has 0 aliphatic rings. The molecule has 0 spiro atoms. The molecule has 19 heavy (non-hydrogen) atoms. The van der Waals surface area contributed by atoms with Gasteiger partial charge in [0.15, 0.2) is 0 Å². The van der Waals surface area contributed by atoms with Gasteiger partial charge in [0.2, 0.25) is 0 Å². The maximum atomic E-state index is 13.2. The van der Waals surface area contributed by atoms with Crippen molar-refractivity contribution in [1.82, 2.24) is 4.98 Å². The Morgan fingerprint density at radius 3 is 2.89 bits per heavy atom. The van der Waals surface area contributed by atoms with Gasteiger partial charge in [0.25, 0.3) is 5.19 Å². The van der Waals surface area contributed by atoms with Crippen LogP contribution in [-0.2, 0) is 0 Å². The number of nitrogen functional groups attached to an aromatic ring is 1. The zero-order valence-electron chi connectivity index (χ0n) is 9.56. The first kappa shape index (κ1) is 12.4. The lowest BCUT2D eigenvalue weighted by atomic mass is 10.3. The maximum absolute atomic E-state index is 13.2. The molecule has 1 aromatic heterocycles. The van der Waals surface area contributed by atoms with Crippen LogP contribution in [0.15, 0.2) is 40.9 Å². The van der Waals surface area contributed by atoms with Gasteiger partial charge in [-0.25, -0.2) is 9.37 Å². The van der Waals surface area contributed by atoms with E-state index in [1.165, 1.54) is 23.5 Å². The number of nitrogens with two attached hydrogens (primary N) is 1. The van der Waals surface area contributed by atoms with Gasteiger partial charge < -0.3 is 10.5 Å². The fraction of sp³-hybridized carbons (Fsp3) is 0. The van der Waals surface area contributed by atoms with Gasteiger partial charge in [-0.05, 0) is 46.3 Å². The molecule has 3 aromatic rings. The van der Waals surface area contributed by atoms with Crippen molar-refractivity contribution in [1.29, 1.82) is 0 Å². The normalized spacial score (nSPS) is 10.8. The number of benzene rings is 2. The van der Waals surface area contributed by atoms with Gasteiger partial charge >= 0.3 is 0 Å². The van der Waals surface area contributed by atoms with Crippen molar-refractivity contribution in [3.63, 3.8) is 0 Å². The molecule has 0 unspecified atom stereocenters. The Balaban J connectivity index is 1.98. The monoisotopic (exact) mass is 338 g/mol. The van der Waals surface area contributed by atoms with Crippen molar-refractivity contribution >= 4 is 43.2 Å². The van der Waals surface area contributed by atoms with E-state index in [1.807, 2.05) is 12.1 Å². The van der Waals surface area contributed by atoms with Crippen LogP contribution in [0.25, 0.3) is 10.2 Å². The number of thiazole rings is 1. The topological polar surface area (TPSA) is 48.1 Å². The van der Waals surface area contributed by atoms with Gasteiger partial charge in [-0.2, -0.15) is 0 Å². The van der Waals surface area contributed by atoms with Gasteiger partial charge in [0.1, 0.15) is 11.6 Å². The molecule has 0 aliphatic carbocycles. The Morgan fingerprint density at radius 2 is 2.05 bits per heavy atom. The van der Waals surface area contributed by atoms with E-state index < -0.39 is 0 Å². The lowest BCUT2D eigenvalue weighted by Gasteiger charge is -2.03. The van der Waals surface area contributed by atoms with Crippen LogP contribution in [0.5, 0.6) is 10.9 Å². The zero-order valence-corrected chi connectivity index (χ0v) is 12.0. The van der Waals surface area contributed by atoms with Crippen molar-refractivity contribution < 1.29 is 9.13 Å². The highest BCUT2D eigenvalue weighted by Gasteiger charge is 2.09. The fourth-order valence-electron chi connectivity index (χ4n) is 1.61. The molecular formula is C13H8BrFN2OS. The summed E-state index contributed by atoms with van der Waals surface area (Å²) in [6.45, 7) is 0. The molecule has 0 fully saturated rings. The summed E-state index contributed by atoms with van der Waals surface area (Å²) in [7, 11) is 0. The molecule has 0 aliphatic heterocycles. The van der Waals surface area contributed by atoms with E-state index in [4.69, 9.17) is 10.5 Å². The number of hydrogen-bond acceptors (Lipinski definition) is 4. The van der Waals surface area contributed by atoms with Crippen LogP contribution in [-0.4, -0.2) is 4.98 Å². The summed E-state index contributed by atoms with van der Waals surface area (Å²) >= 11 is 4.67. The maximum Gasteiger partial charge on any atom is 0.279 e. The van der Waals surface area contributed by atoms with Crippen LogP contribution in [0.3, 0.4) is 0 Å². The predicted molar refractivity (Wildman–Crippen MR) is 78.2 cm³/mol. The molecule has 0 radical (unpaired) electrons. The van der Waals surface area contributed by atoms with Crippen molar-refractivity contribution in [3.05, 3.63) is 46.7 Å². The minimum atomic E-state index is -0.358. The first-order valence-electron chi connectivity index (χ1n) is 5.41. The molecule has 1 heterocycles. The molecule has 96 valence electrons. The molecule has 2 N–H and O–H groups in total. The number of ether oxygens (including phenoxy) is 1. The Bertz CT molecular complexity index is 759. The number of rotatable bonds is 2. The van der Waals surface area contributed by atoms with Gasteiger partial charge in [-0.15, -0.1) is 0 Å². The van der Waals surface area contributed by atoms with E-state index in [0.29, 0.717) is 21.1 Å². The molecule has 6 heteroatoms. The standard InChI is InChI=1S/C13H8BrFN2OS/c14-9-3-1-7(15)5-11(9)18-13-17-10-4-2-8(16)6-12(10)19-13/h1-6H,16H2. The van der Waals surface area contributed by atoms with E-state index in [-0.39, 0.29) is 5.82 Å². The van der Waals surface area contributed by atoms with Gasteiger partial charge in [-0.3, -0.25) is 0 Å². The quantitative estimate of drug-likeness (QED) is 0.696. The largest absolute Gasteiger partial charge is 0.430 e. The summed E-state index contributed by atoms with van der Waals surface area (Å²) in [6.07, 6.45) is 0. The average molecular weight is 339 g/mol. The van der Waals surface area contributed by atoms with Crippen LogP contribution in [0.1, 0.15) is 0 Å². The predicted octanol–water partition coefficient (Wildman–Crippen LogP) is 4.57. The summed E-state index contributed by atoms with van der Waals surface area (Å²) in [4.78, 5) is 4.32. The number of fused-ring (bicyclic) bond motifs is 1. The number of nitrogens with zero attached hydrogens (tertiary/aromatic N) is 1. The third-order valence-corrected chi connectivity index (χ3v) is 4.03. The number of halogens is 2. The Morgan fingerprint density at radius 1 is 1.21 bits per heavy atom. The Kier molecular flexibility index (Phi) is 3.12. The summed E-state index contributed by atoms with van der Waals surface area (Å²) < 4.78 is 20.4. The molecule has 0 saturated carbocycles. The van der Waals surface area contributed by atoms with E-state index in [2.05, 4.69) is 20.9 Å². The van der Waals surface area contributed by atoms with Crippen molar-refractivity contribution in [3.8, 4) is 10.9 Å². The summed E-state index contributed by atoms with van der Waals surface area (Å²) in [5.41, 5.74) is 7.19. The van der Waals surface area contributed by atoms with E-state index in [0.717, 1.165) is 10.2 Å². The molecule has 0 atom stereocenters. The van der Waals surface area contributed by atoms with Gasteiger partial charge in [0, 0.05) is 11.8 Å². The van der Waals surface area contributed by atoms with Crippen molar-refractivity contribution in [2.75, 3.05) is 5.73 Å². The molecular weight excluding hydrogens is 331 g/mol. The van der Waals surface area contributed by atoms with Crippen LogP contribution in [0.4, 0.5) is 10.1 Å². The summed E-state index contributed by atoms with van der Waals surface area (Å²) in [5, 5.41) is 0.451. The van der Waals surface area contributed by atoms with Crippen LogP contribution < -0.4 is 10.5 Å². The number of anilines is 1. The molecule has 3 nitrogen and oxygen atoms in total. The molecule has 0 bridgehead atoms. The SMILES string of the molecule is Nc1ccc2nc(Oc3cc(F)ccc3Br)sc2c1. The van der Waals surface area contributed by atoms with Crippen LogP contribution >= 0.6 is 27.3 Å². The van der Waals surface area contributed by atoms with Crippen molar-refractivity contribution in [2.45, 2.75) is 0 Å². The first-order chi connectivity index (χ1) is 9.11. The molecule has 0 saturated heterocycles. The lowest BCUT2D eigenvalue weighted by molar-refractivity contribution is 0.471. The van der Waals surface area contributed by atoms with E-state index in [1.54, 1.807) is 12.1 Å². The minimum Gasteiger partial charge on any atom is -0.430 e. The Hall–Kier alpha value is -1.66. The van der Waals surface area contributed by atoms with Crippen molar-refractivity contribution in [2.24, 2.45) is 0 Å². The summed E-state index contributed by atoms with van der Waals surface area (Å²) in [6, 6.07) is 9.70. The highest BCUT2D eigenvalue weighted by Crippen LogP contribution is 2.35. The zero-order chi connectivity index (χ0) is 13.4. The number of aromatic nitrogens is 1. The minimum absolute atomic E-state index is 0.358. The Labute approximate surface area is 121 Å². The van der Waals surface area contributed by atoms with E-state index >= 15 is 0 Å². The van der Waals surface area contributed by atoms with Gasteiger partial charge in [-0.1, -0.05) is 11.3 Å². The first-order valence-corrected chi connectivity index (χ1v) is 7.02. The summed E-state index contributed by atoms with van der Waals surface area (Å²) in [5.74, 6) is 0.0376. The molecule has 2 aromatic carbocycles. The molecule has 0 amide bonds. The van der Waals surface area contributed by atoms with E-state index in [9.17, 15) is 4.39 Å². The highest BCUT2D eigenvalue weighted by molar-refractivity contribution is 9.10. The fourth-order valence-corrected chi connectivity index (χ4v) is 2.82.